The second-order valence-electron chi connectivity index (χ2n) is 3.48. The smallest absolute Gasteiger partial charge is 0.156 e. The fourth-order valence-electron chi connectivity index (χ4n) is 1.31. The third-order valence-corrected chi connectivity index (χ3v) is 2.91. The number of hydrogen-bond donors (Lipinski definition) is 1. The van der Waals surface area contributed by atoms with Crippen LogP contribution in [0.5, 0.6) is 11.5 Å². The molecule has 0 heterocycles. The van der Waals surface area contributed by atoms with Crippen LogP contribution >= 0.6 is 23.2 Å². The Labute approximate surface area is 112 Å². The molecule has 2 aromatic rings. The number of nitrogens with two attached hydrogens (primary N) is 1. The SMILES string of the molecule is Nc1c(F)cc(F)cc1Oc1ccc(Cl)c(Cl)c1. The van der Waals surface area contributed by atoms with Crippen LogP contribution in [-0.4, -0.2) is 0 Å². The van der Waals surface area contributed by atoms with Gasteiger partial charge in [-0.15, -0.1) is 0 Å². The normalized spacial score (nSPS) is 10.4. The molecule has 0 fully saturated rings. The first-order valence-corrected chi connectivity index (χ1v) is 5.60. The lowest BCUT2D eigenvalue weighted by atomic mass is 10.2. The van der Waals surface area contributed by atoms with E-state index in [4.69, 9.17) is 33.7 Å². The molecule has 0 radical (unpaired) electrons. The highest BCUT2D eigenvalue weighted by Crippen LogP contribution is 2.33. The Kier molecular flexibility index (Phi) is 3.59. The van der Waals surface area contributed by atoms with Gasteiger partial charge in [0.25, 0.3) is 0 Å². The van der Waals surface area contributed by atoms with Gasteiger partial charge in [-0.05, 0) is 12.1 Å². The second-order valence-corrected chi connectivity index (χ2v) is 4.29. The summed E-state index contributed by atoms with van der Waals surface area (Å²) in [5, 5.41) is 0.618. The Morgan fingerprint density at radius 1 is 1.00 bits per heavy atom. The average Bonchev–Trinajstić information content (AvgIpc) is 2.30. The van der Waals surface area contributed by atoms with E-state index in [0.29, 0.717) is 11.1 Å². The van der Waals surface area contributed by atoms with E-state index in [2.05, 4.69) is 0 Å². The van der Waals surface area contributed by atoms with Crippen molar-refractivity contribution in [3.05, 3.63) is 52.0 Å². The van der Waals surface area contributed by atoms with Crippen LogP contribution in [0.2, 0.25) is 10.0 Å². The maximum atomic E-state index is 13.2. The van der Waals surface area contributed by atoms with Crippen LogP contribution in [0.15, 0.2) is 30.3 Å². The molecule has 94 valence electrons. The Morgan fingerprint density at radius 3 is 2.39 bits per heavy atom. The van der Waals surface area contributed by atoms with Gasteiger partial charge in [0, 0.05) is 18.2 Å². The van der Waals surface area contributed by atoms with Crippen molar-refractivity contribution in [2.45, 2.75) is 0 Å². The molecule has 0 bridgehead atoms. The molecule has 0 aliphatic heterocycles. The van der Waals surface area contributed by atoms with E-state index in [0.717, 1.165) is 6.07 Å². The summed E-state index contributed by atoms with van der Waals surface area (Å²) in [5.41, 5.74) is 5.17. The molecule has 0 spiro atoms. The summed E-state index contributed by atoms with van der Waals surface area (Å²) < 4.78 is 31.5. The summed E-state index contributed by atoms with van der Waals surface area (Å²) in [7, 11) is 0. The lowest BCUT2D eigenvalue weighted by Gasteiger charge is -2.09. The number of nitrogen functional groups attached to an aromatic ring is 1. The Hall–Kier alpha value is -1.52. The van der Waals surface area contributed by atoms with Crippen molar-refractivity contribution in [1.82, 2.24) is 0 Å². The quantitative estimate of drug-likeness (QED) is 0.817. The highest BCUT2D eigenvalue weighted by Gasteiger charge is 2.11. The zero-order valence-corrected chi connectivity index (χ0v) is 10.4. The maximum Gasteiger partial charge on any atom is 0.156 e. The largest absolute Gasteiger partial charge is 0.455 e. The third-order valence-electron chi connectivity index (χ3n) is 2.18. The number of hydrogen-bond acceptors (Lipinski definition) is 2. The molecular weight excluding hydrogens is 283 g/mol. The highest BCUT2D eigenvalue weighted by atomic mass is 35.5. The first-order valence-electron chi connectivity index (χ1n) is 4.85. The van der Waals surface area contributed by atoms with Crippen molar-refractivity contribution in [2.75, 3.05) is 5.73 Å². The van der Waals surface area contributed by atoms with E-state index in [1.807, 2.05) is 0 Å². The molecule has 0 atom stereocenters. The molecule has 0 saturated heterocycles. The van der Waals surface area contributed by atoms with Crippen molar-refractivity contribution in [3.8, 4) is 11.5 Å². The van der Waals surface area contributed by atoms with Gasteiger partial charge in [0.05, 0.1) is 10.0 Å². The summed E-state index contributed by atoms with van der Waals surface area (Å²) in [6.07, 6.45) is 0. The molecule has 2 rings (SSSR count). The molecule has 0 unspecified atom stereocenters. The van der Waals surface area contributed by atoms with E-state index in [1.54, 1.807) is 0 Å². The fraction of sp³-hybridized carbons (Fsp3) is 0. The average molecular weight is 290 g/mol. The van der Waals surface area contributed by atoms with Crippen molar-refractivity contribution >= 4 is 28.9 Å². The van der Waals surface area contributed by atoms with E-state index in [1.165, 1.54) is 18.2 Å². The number of benzene rings is 2. The fourth-order valence-corrected chi connectivity index (χ4v) is 1.60. The van der Waals surface area contributed by atoms with Crippen molar-refractivity contribution < 1.29 is 13.5 Å². The van der Waals surface area contributed by atoms with Crippen molar-refractivity contribution in [3.63, 3.8) is 0 Å². The first-order chi connectivity index (χ1) is 8.47. The molecular formula is C12H7Cl2F2NO. The summed E-state index contributed by atoms with van der Waals surface area (Å²) in [5.74, 6) is -1.51. The van der Waals surface area contributed by atoms with E-state index < -0.39 is 11.6 Å². The van der Waals surface area contributed by atoms with Crippen LogP contribution in [0.3, 0.4) is 0 Å². The van der Waals surface area contributed by atoms with E-state index in [9.17, 15) is 8.78 Å². The molecule has 2 nitrogen and oxygen atoms in total. The minimum absolute atomic E-state index is 0.120. The molecule has 0 aliphatic carbocycles. The molecule has 0 amide bonds. The standard InChI is InChI=1S/C12H7Cl2F2NO/c13-8-2-1-7(5-9(8)14)18-11-4-6(15)3-10(16)12(11)17/h1-5H,17H2. The molecule has 2 N–H and O–H groups in total. The van der Waals surface area contributed by atoms with Gasteiger partial charge in [-0.1, -0.05) is 23.2 Å². The number of ether oxygens (including phenoxy) is 1. The van der Waals surface area contributed by atoms with Crippen molar-refractivity contribution in [1.29, 1.82) is 0 Å². The molecule has 0 saturated carbocycles. The first kappa shape index (κ1) is 12.9. The van der Waals surface area contributed by atoms with Gasteiger partial charge in [-0.2, -0.15) is 0 Å². The van der Waals surface area contributed by atoms with Gasteiger partial charge >= 0.3 is 0 Å². The monoisotopic (exact) mass is 289 g/mol. The van der Waals surface area contributed by atoms with Crippen LogP contribution in [0.1, 0.15) is 0 Å². The Balaban J connectivity index is 2.36. The van der Waals surface area contributed by atoms with E-state index in [-0.39, 0.29) is 22.2 Å². The maximum absolute atomic E-state index is 13.2. The molecule has 2 aromatic carbocycles. The Bertz CT molecular complexity index is 605. The summed E-state index contributed by atoms with van der Waals surface area (Å²) in [6, 6.07) is 6.10. The predicted molar refractivity (Wildman–Crippen MR) is 67.3 cm³/mol. The van der Waals surface area contributed by atoms with Gasteiger partial charge in [0.2, 0.25) is 0 Å². The zero-order valence-electron chi connectivity index (χ0n) is 8.88. The summed E-state index contributed by atoms with van der Waals surface area (Å²) in [6.45, 7) is 0. The summed E-state index contributed by atoms with van der Waals surface area (Å²) >= 11 is 11.5. The minimum Gasteiger partial charge on any atom is -0.455 e. The topological polar surface area (TPSA) is 35.2 Å². The van der Waals surface area contributed by atoms with Gasteiger partial charge in [0.15, 0.2) is 11.6 Å². The lowest BCUT2D eigenvalue weighted by molar-refractivity contribution is 0.472. The second kappa shape index (κ2) is 5.00. The molecule has 6 heteroatoms. The molecule has 18 heavy (non-hydrogen) atoms. The summed E-state index contributed by atoms with van der Waals surface area (Å²) in [4.78, 5) is 0. The van der Waals surface area contributed by atoms with Gasteiger partial charge < -0.3 is 10.5 Å². The molecule has 0 aromatic heterocycles. The van der Waals surface area contributed by atoms with Crippen LogP contribution in [0.25, 0.3) is 0 Å². The van der Waals surface area contributed by atoms with Gasteiger partial charge in [0.1, 0.15) is 17.3 Å². The van der Waals surface area contributed by atoms with Crippen molar-refractivity contribution in [2.24, 2.45) is 0 Å². The third kappa shape index (κ3) is 2.66. The van der Waals surface area contributed by atoms with Gasteiger partial charge in [-0.3, -0.25) is 0 Å². The van der Waals surface area contributed by atoms with Crippen LogP contribution in [-0.2, 0) is 0 Å². The predicted octanol–water partition coefficient (Wildman–Crippen LogP) is 4.65. The molecule has 0 aliphatic rings. The number of anilines is 1. The Morgan fingerprint density at radius 2 is 1.72 bits per heavy atom. The number of halogens is 4. The van der Waals surface area contributed by atoms with E-state index >= 15 is 0 Å². The number of rotatable bonds is 2. The lowest BCUT2D eigenvalue weighted by Crippen LogP contribution is -1.97. The minimum atomic E-state index is -0.884. The van der Waals surface area contributed by atoms with Gasteiger partial charge in [-0.25, -0.2) is 8.78 Å². The zero-order chi connectivity index (χ0) is 13.3. The van der Waals surface area contributed by atoms with Crippen LogP contribution < -0.4 is 10.5 Å². The van der Waals surface area contributed by atoms with Crippen LogP contribution in [0.4, 0.5) is 14.5 Å². The van der Waals surface area contributed by atoms with Crippen LogP contribution in [0, 0.1) is 11.6 Å². The highest BCUT2D eigenvalue weighted by molar-refractivity contribution is 6.42.